The highest BCUT2D eigenvalue weighted by molar-refractivity contribution is 7.80. The van der Waals surface area contributed by atoms with Crippen molar-refractivity contribution < 1.29 is 8.78 Å². The number of halogens is 2. The van der Waals surface area contributed by atoms with Crippen molar-refractivity contribution in [2.45, 2.75) is 31.6 Å². The fourth-order valence-corrected chi connectivity index (χ4v) is 3.56. The van der Waals surface area contributed by atoms with Crippen molar-refractivity contribution in [3.05, 3.63) is 47.3 Å². The summed E-state index contributed by atoms with van der Waals surface area (Å²) in [5.74, 6) is -1.13. The molecule has 1 aromatic carbocycles. The molecule has 1 aliphatic rings. The number of imidazole rings is 1. The minimum atomic E-state index is -0.565. The lowest BCUT2D eigenvalue weighted by molar-refractivity contribution is 0.125. The molecule has 1 aliphatic heterocycles. The van der Waals surface area contributed by atoms with Crippen LogP contribution in [0.25, 0.3) is 0 Å². The van der Waals surface area contributed by atoms with Crippen molar-refractivity contribution in [2.24, 2.45) is 0 Å². The Hall–Kier alpha value is -1.44. The summed E-state index contributed by atoms with van der Waals surface area (Å²) < 4.78 is 28.8. The third kappa shape index (κ3) is 4.80. The van der Waals surface area contributed by atoms with Crippen LogP contribution >= 0.6 is 12.6 Å². The number of benzene rings is 1. The summed E-state index contributed by atoms with van der Waals surface area (Å²) in [5.41, 5.74) is 1.58. The van der Waals surface area contributed by atoms with Crippen molar-refractivity contribution in [1.82, 2.24) is 19.4 Å². The first kappa shape index (κ1) is 18.4. The Morgan fingerprint density at radius 2 is 1.64 bits per heavy atom. The van der Waals surface area contributed by atoms with Crippen LogP contribution in [0.3, 0.4) is 0 Å². The lowest BCUT2D eigenvalue weighted by Gasteiger charge is -2.34. The second kappa shape index (κ2) is 8.29. The van der Waals surface area contributed by atoms with Crippen LogP contribution in [0, 0.1) is 11.6 Å². The van der Waals surface area contributed by atoms with Gasteiger partial charge in [-0.2, -0.15) is 0 Å². The average molecular weight is 366 g/mol. The lowest BCUT2D eigenvalue weighted by atomic mass is 10.2. The van der Waals surface area contributed by atoms with Crippen LogP contribution in [-0.2, 0) is 13.1 Å². The van der Waals surface area contributed by atoms with Gasteiger partial charge in [-0.05, 0) is 30.7 Å². The third-order valence-electron chi connectivity index (χ3n) is 4.57. The summed E-state index contributed by atoms with van der Waals surface area (Å²) in [4.78, 5) is 9.14. The van der Waals surface area contributed by atoms with Crippen LogP contribution in [0.15, 0.2) is 29.6 Å². The minimum absolute atomic E-state index is 0.360. The highest BCUT2D eigenvalue weighted by Crippen LogP contribution is 2.17. The molecule has 0 spiro atoms. The van der Waals surface area contributed by atoms with E-state index in [2.05, 4.69) is 34.3 Å². The van der Waals surface area contributed by atoms with Gasteiger partial charge in [-0.15, -0.1) is 12.6 Å². The van der Waals surface area contributed by atoms with Gasteiger partial charge in [0.25, 0.3) is 0 Å². The standard InChI is InChI=1S/C18H24F2N4S/c1-2-3-22-4-6-23(7-5-22)13-17-11-21-18(25)24(17)12-14-8-15(19)10-16(20)9-14/h8-11H,2-7,12-13H2,1H3,(H,21,25). The summed E-state index contributed by atoms with van der Waals surface area (Å²) in [7, 11) is 0. The van der Waals surface area contributed by atoms with Crippen molar-refractivity contribution in [2.75, 3.05) is 32.7 Å². The molecule has 0 bridgehead atoms. The molecule has 0 atom stereocenters. The van der Waals surface area contributed by atoms with Gasteiger partial charge in [0, 0.05) is 38.8 Å². The molecule has 136 valence electrons. The molecule has 25 heavy (non-hydrogen) atoms. The number of hydrogen-bond acceptors (Lipinski definition) is 4. The zero-order valence-electron chi connectivity index (χ0n) is 14.5. The Bertz CT molecular complexity index is 691. The van der Waals surface area contributed by atoms with E-state index in [0.717, 1.165) is 51.0 Å². The Morgan fingerprint density at radius 3 is 2.28 bits per heavy atom. The third-order valence-corrected chi connectivity index (χ3v) is 4.93. The second-order valence-corrected chi connectivity index (χ2v) is 6.93. The lowest BCUT2D eigenvalue weighted by Crippen LogP contribution is -2.46. The van der Waals surface area contributed by atoms with Gasteiger partial charge in [-0.3, -0.25) is 4.90 Å². The second-order valence-electron chi connectivity index (χ2n) is 6.53. The fourth-order valence-electron chi connectivity index (χ4n) is 3.30. The molecule has 1 fully saturated rings. The molecule has 4 nitrogen and oxygen atoms in total. The van der Waals surface area contributed by atoms with Crippen LogP contribution in [0.5, 0.6) is 0 Å². The van der Waals surface area contributed by atoms with E-state index < -0.39 is 11.6 Å². The van der Waals surface area contributed by atoms with Crippen LogP contribution in [0.1, 0.15) is 24.6 Å². The number of piperazine rings is 1. The van der Waals surface area contributed by atoms with Crippen molar-refractivity contribution >= 4 is 12.6 Å². The van der Waals surface area contributed by atoms with Crippen LogP contribution in [-0.4, -0.2) is 52.1 Å². The minimum Gasteiger partial charge on any atom is -0.318 e. The monoisotopic (exact) mass is 366 g/mol. The highest BCUT2D eigenvalue weighted by Gasteiger charge is 2.18. The van der Waals surface area contributed by atoms with Gasteiger partial charge in [0.2, 0.25) is 0 Å². The Morgan fingerprint density at radius 1 is 1.00 bits per heavy atom. The molecule has 1 saturated heterocycles. The maximum atomic E-state index is 13.4. The quantitative estimate of drug-likeness (QED) is 0.796. The van der Waals surface area contributed by atoms with E-state index in [1.807, 2.05) is 4.57 Å². The van der Waals surface area contributed by atoms with Crippen molar-refractivity contribution in [1.29, 1.82) is 0 Å². The molecule has 0 amide bonds. The SMILES string of the molecule is CCCN1CCN(Cc2cnc(S)n2Cc2cc(F)cc(F)c2)CC1. The number of thiol groups is 1. The van der Waals surface area contributed by atoms with Crippen LogP contribution in [0.4, 0.5) is 8.78 Å². The van der Waals surface area contributed by atoms with Gasteiger partial charge in [0.1, 0.15) is 11.6 Å². The molecular formula is C18H24F2N4S. The number of rotatable bonds is 6. The largest absolute Gasteiger partial charge is 0.318 e. The molecule has 0 radical (unpaired) electrons. The molecule has 0 aliphatic carbocycles. The number of aromatic nitrogens is 2. The first-order chi connectivity index (χ1) is 12.0. The zero-order chi connectivity index (χ0) is 17.8. The Labute approximate surface area is 152 Å². The first-order valence-corrected chi connectivity index (χ1v) is 9.13. The van der Waals surface area contributed by atoms with Crippen molar-refractivity contribution in [3.63, 3.8) is 0 Å². The molecule has 2 heterocycles. The van der Waals surface area contributed by atoms with E-state index in [0.29, 0.717) is 17.3 Å². The molecular weight excluding hydrogens is 342 g/mol. The summed E-state index contributed by atoms with van der Waals surface area (Å²) in [6, 6.07) is 3.59. The van der Waals surface area contributed by atoms with Crippen LogP contribution < -0.4 is 0 Å². The number of nitrogens with zero attached hydrogens (tertiary/aromatic N) is 4. The van der Waals surface area contributed by atoms with Gasteiger partial charge in [0.15, 0.2) is 5.16 Å². The maximum Gasteiger partial charge on any atom is 0.165 e. The molecule has 0 unspecified atom stereocenters. The molecule has 0 N–H and O–H groups in total. The average Bonchev–Trinajstić information content (AvgIpc) is 2.89. The Balaban J connectivity index is 1.68. The fraction of sp³-hybridized carbons (Fsp3) is 0.500. The van der Waals surface area contributed by atoms with Crippen LogP contribution in [0.2, 0.25) is 0 Å². The van der Waals surface area contributed by atoms with E-state index in [1.165, 1.54) is 18.6 Å². The van der Waals surface area contributed by atoms with Gasteiger partial charge < -0.3 is 9.47 Å². The molecule has 7 heteroatoms. The zero-order valence-corrected chi connectivity index (χ0v) is 15.4. The number of hydrogen-bond donors (Lipinski definition) is 1. The smallest absolute Gasteiger partial charge is 0.165 e. The van der Waals surface area contributed by atoms with Gasteiger partial charge in [0.05, 0.1) is 18.4 Å². The first-order valence-electron chi connectivity index (χ1n) is 8.68. The summed E-state index contributed by atoms with van der Waals surface area (Å²) >= 11 is 4.40. The summed E-state index contributed by atoms with van der Waals surface area (Å²) in [5, 5.41) is 0.560. The molecule has 1 aromatic heterocycles. The van der Waals surface area contributed by atoms with Gasteiger partial charge in [-0.25, -0.2) is 13.8 Å². The molecule has 2 aromatic rings. The van der Waals surface area contributed by atoms with Crippen molar-refractivity contribution in [3.8, 4) is 0 Å². The summed E-state index contributed by atoms with van der Waals surface area (Å²) in [6.07, 6.45) is 2.98. The van der Waals surface area contributed by atoms with E-state index in [1.54, 1.807) is 6.20 Å². The highest BCUT2D eigenvalue weighted by atomic mass is 32.1. The predicted molar refractivity (Wildman–Crippen MR) is 96.9 cm³/mol. The van der Waals surface area contributed by atoms with E-state index >= 15 is 0 Å². The normalized spacial score (nSPS) is 16.5. The summed E-state index contributed by atoms with van der Waals surface area (Å²) in [6.45, 7) is 8.66. The van der Waals surface area contributed by atoms with Gasteiger partial charge in [-0.1, -0.05) is 6.92 Å². The Kier molecular flexibility index (Phi) is 6.09. The van der Waals surface area contributed by atoms with E-state index in [4.69, 9.17) is 0 Å². The molecule has 0 saturated carbocycles. The van der Waals surface area contributed by atoms with Gasteiger partial charge >= 0.3 is 0 Å². The topological polar surface area (TPSA) is 24.3 Å². The predicted octanol–water partition coefficient (Wildman–Crippen LogP) is 3.03. The van der Waals surface area contributed by atoms with E-state index in [-0.39, 0.29) is 0 Å². The maximum absolute atomic E-state index is 13.4. The van der Waals surface area contributed by atoms with E-state index in [9.17, 15) is 8.78 Å². The molecule has 3 rings (SSSR count).